The van der Waals surface area contributed by atoms with Crippen LogP contribution in [0.4, 0.5) is 0 Å². The summed E-state index contributed by atoms with van der Waals surface area (Å²) in [5, 5.41) is 1.29. The highest BCUT2D eigenvalue weighted by Crippen LogP contribution is 2.20. The fraction of sp³-hybridized carbons (Fsp3) is 0.103. The number of aromatic amines is 1. The summed E-state index contributed by atoms with van der Waals surface area (Å²) >= 11 is 0. The van der Waals surface area contributed by atoms with Crippen LogP contribution >= 0.6 is 0 Å². The zero-order valence-corrected chi connectivity index (χ0v) is 17.9. The fourth-order valence-electron chi connectivity index (χ4n) is 4.11. The number of hydrogen-bond donors (Lipinski definition) is 1. The van der Waals surface area contributed by atoms with Gasteiger partial charge in [-0.3, -0.25) is 4.79 Å². The molecule has 0 aliphatic heterocycles. The van der Waals surface area contributed by atoms with E-state index >= 15 is 0 Å². The van der Waals surface area contributed by atoms with Gasteiger partial charge in [-0.05, 0) is 41.2 Å². The zero-order chi connectivity index (χ0) is 21.8. The summed E-state index contributed by atoms with van der Waals surface area (Å²) in [6.07, 6.45) is 8.06. The molecule has 0 saturated heterocycles. The van der Waals surface area contributed by atoms with Gasteiger partial charge >= 0.3 is 0 Å². The van der Waals surface area contributed by atoms with Gasteiger partial charge in [0, 0.05) is 34.8 Å². The van der Waals surface area contributed by atoms with Gasteiger partial charge < -0.3 is 4.98 Å². The van der Waals surface area contributed by atoms with Gasteiger partial charge in [0.2, 0.25) is 12.3 Å². The Bertz CT molecular complexity index is 1330. The van der Waals surface area contributed by atoms with Crippen LogP contribution in [-0.4, -0.2) is 10.8 Å². The molecule has 2 heterocycles. The number of hydrogen-bond acceptors (Lipinski definition) is 1. The van der Waals surface area contributed by atoms with Crippen LogP contribution in [0.15, 0.2) is 110 Å². The van der Waals surface area contributed by atoms with E-state index in [2.05, 4.69) is 59.7 Å². The number of aromatic nitrogens is 2. The van der Waals surface area contributed by atoms with Crippen molar-refractivity contribution in [1.29, 1.82) is 0 Å². The number of aryl methyl sites for hydroxylation is 2. The van der Waals surface area contributed by atoms with Gasteiger partial charge in [0.25, 0.3) is 0 Å². The number of fused-ring (bicyclic) bond motifs is 1. The number of pyridine rings is 1. The zero-order valence-electron chi connectivity index (χ0n) is 17.9. The number of Topliss-reactive ketones (excluding diaryl/α,β-unsaturated/α-hetero) is 1. The van der Waals surface area contributed by atoms with Gasteiger partial charge in [0.05, 0.1) is 0 Å². The largest absolute Gasteiger partial charge is 0.361 e. The Morgan fingerprint density at radius 3 is 2.19 bits per heavy atom. The highest BCUT2D eigenvalue weighted by atomic mass is 16.1. The lowest BCUT2D eigenvalue weighted by molar-refractivity contribution is -0.683. The van der Waals surface area contributed by atoms with E-state index in [0.29, 0.717) is 6.54 Å². The number of para-hydroxylation sites is 1. The molecule has 0 unspecified atom stereocenters. The molecule has 3 heteroatoms. The normalized spacial score (nSPS) is 11.0. The number of H-pyrrole nitrogens is 1. The van der Waals surface area contributed by atoms with Gasteiger partial charge in [-0.25, -0.2) is 0 Å². The highest BCUT2D eigenvalue weighted by molar-refractivity contribution is 5.95. The number of benzene rings is 3. The molecule has 156 valence electrons. The Hall–Kier alpha value is -3.98. The monoisotopic (exact) mass is 417 g/mol. The van der Waals surface area contributed by atoms with Crippen molar-refractivity contribution in [3.63, 3.8) is 0 Å². The first-order chi connectivity index (χ1) is 15.8. The van der Waals surface area contributed by atoms with Crippen molar-refractivity contribution in [1.82, 2.24) is 4.98 Å². The topological polar surface area (TPSA) is 36.7 Å². The van der Waals surface area contributed by atoms with Gasteiger partial charge in [0.1, 0.15) is 0 Å². The van der Waals surface area contributed by atoms with E-state index in [-0.39, 0.29) is 5.78 Å². The lowest BCUT2D eigenvalue weighted by Crippen LogP contribution is -2.37. The molecule has 0 fully saturated rings. The van der Waals surface area contributed by atoms with Crippen molar-refractivity contribution in [2.75, 3.05) is 0 Å². The number of carbonyl (C=O) groups excluding carboxylic acids is 1. The molecule has 1 N–H and O–H groups in total. The average molecular weight is 418 g/mol. The number of carbonyl (C=O) groups is 1. The van der Waals surface area contributed by atoms with E-state index in [0.717, 1.165) is 29.5 Å². The van der Waals surface area contributed by atoms with E-state index < -0.39 is 0 Å². The Labute approximate surface area is 188 Å². The summed E-state index contributed by atoms with van der Waals surface area (Å²) < 4.78 is 1.95. The summed E-state index contributed by atoms with van der Waals surface area (Å²) in [5.74, 6) is 0.112. The standard InChI is InChI=1S/C29H25N2O/c32-29(25-14-12-24(13-15-25)23-6-2-1-3-7-23)21-31-18-16-22(17-19-31)10-11-26-20-30-28-9-5-4-8-27(26)28/h1-9,12-20,30H,10-11,21H2/q+1. The molecule has 0 aliphatic rings. The molecule has 5 rings (SSSR count). The van der Waals surface area contributed by atoms with Crippen molar-refractivity contribution in [2.24, 2.45) is 0 Å². The summed E-state index contributed by atoms with van der Waals surface area (Å²) in [6, 6.07) is 30.7. The first kappa shape index (κ1) is 20.0. The summed E-state index contributed by atoms with van der Waals surface area (Å²) in [7, 11) is 0. The fourth-order valence-corrected chi connectivity index (χ4v) is 4.11. The van der Waals surface area contributed by atoms with Crippen molar-refractivity contribution >= 4 is 16.7 Å². The van der Waals surface area contributed by atoms with E-state index in [1.807, 2.05) is 59.4 Å². The maximum Gasteiger partial charge on any atom is 0.227 e. The second kappa shape index (κ2) is 9.03. The third-order valence-electron chi connectivity index (χ3n) is 5.96. The molecule has 2 aromatic heterocycles. The van der Waals surface area contributed by atoms with Gasteiger partial charge in [-0.15, -0.1) is 0 Å². The molecule has 0 saturated carbocycles. The van der Waals surface area contributed by atoms with E-state index in [4.69, 9.17) is 0 Å². The molecule has 0 radical (unpaired) electrons. The molecular formula is C29H25N2O+. The van der Waals surface area contributed by atoms with Gasteiger partial charge in [0.15, 0.2) is 12.4 Å². The van der Waals surface area contributed by atoms with Crippen molar-refractivity contribution in [3.8, 4) is 11.1 Å². The molecule has 0 atom stereocenters. The highest BCUT2D eigenvalue weighted by Gasteiger charge is 2.12. The smallest absolute Gasteiger partial charge is 0.227 e. The summed E-state index contributed by atoms with van der Waals surface area (Å²) in [5.41, 5.74) is 6.81. The molecule has 3 nitrogen and oxygen atoms in total. The Morgan fingerprint density at radius 1 is 0.719 bits per heavy atom. The van der Waals surface area contributed by atoms with Crippen molar-refractivity contribution < 1.29 is 9.36 Å². The number of ketones is 1. The number of nitrogens with zero attached hydrogens (tertiary/aromatic N) is 1. The van der Waals surface area contributed by atoms with Crippen molar-refractivity contribution in [2.45, 2.75) is 19.4 Å². The predicted octanol–water partition coefficient (Wildman–Crippen LogP) is 5.79. The van der Waals surface area contributed by atoms with Crippen LogP contribution in [0.25, 0.3) is 22.0 Å². The second-order valence-corrected chi connectivity index (χ2v) is 8.10. The molecule has 3 aromatic carbocycles. The van der Waals surface area contributed by atoms with E-state index in [1.165, 1.54) is 22.0 Å². The quantitative estimate of drug-likeness (QED) is 0.264. The molecule has 0 spiro atoms. The lowest BCUT2D eigenvalue weighted by Gasteiger charge is -2.04. The van der Waals surface area contributed by atoms with Crippen LogP contribution in [0.3, 0.4) is 0 Å². The molecule has 5 aromatic rings. The van der Waals surface area contributed by atoms with Crippen LogP contribution in [0.2, 0.25) is 0 Å². The summed E-state index contributed by atoms with van der Waals surface area (Å²) in [4.78, 5) is 16.1. The van der Waals surface area contributed by atoms with Crippen LogP contribution in [0.5, 0.6) is 0 Å². The SMILES string of the molecule is O=C(C[n+]1ccc(CCc2c[nH]c3ccccc23)cc1)c1ccc(-c2ccccc2)cc1. The molecule has 0 aliphatic carbocycles. The van der Waals surface area contributed by atoms with Gasteiger partial charge in [-0.1, -0.05) is 72.8 Å². The van der Waals surface area contributed by atoms with E-state index in [9.17, 15) is 4.79 Å². The minimum Gasteiger partial charge on any atom is -0.361 e. The van der Waals surface area contributed by atoms with Crippen LogP contribution in [0, 0.1) is 0 Å². The van der Waals surface area contributed by atoms with Crippen LogP contribution in [-0.2, 0) is 19.4 Å². The van der Waals surface area contributed by atoms with E-state index in [1.54, 1.807) is 0 Å². The first-order valence-electron chi connectivity index (χ1n) is 11.0. The number of rotatable bonds is 7. The third kappa shape index (κ3) is 4.37. The number of nitrogens with one attached hydrogen (secondary N) is 1. The minimum atomic E-state index is 0.112. The second-order valence-electron chi connectivity index (χ2n) is 8.10. The molecular weight excluding hydrogens is 392 g/mol. The Balaban J connectivity index is 1.20. The predicted molar refractivity (Wildman–Crippen MR) is 129 cm³/mol. The Morgan fingerprint density at radius 2 is 1.41 bits per heavy atom. The maximum atomic E-state index is 12.7. The van der Waals surface area contributed by atoms with Crippen LogP contribution in [0.1, 0.15) is 21.5 Å². The first-order valence-corrected chi connectivity index (χ1v) is 11.0. The Kier molecular flexibility index (Phi) is 5.63. The molecule has 0 bridgehead atoms. The van der Waals surface area contributed by atoms with Gasteiger partial charge in [-0.2, -0.15) is 4.57 Å². The third-order valence-corrected chi connectivity index (χ3v) is 5.96. The lowest BCUT2D eigenvalue weighted by atomic mass is 10.0. The van der Waals surface area contributed by atoms with Crippen molar-refractivity contribution in [3.05, 3.63) is 126 Å². The minimum absolute atomic E-state index is 0.112. The molecule has 0 amide bonds. The summed E-state index contributed by atoms with van der Waals surface area (Å²) in [6.45, 7) is 0.341. The molecule has 32 heavy (non-hydrogen) atoms. The van der Waals surface area contributed by atoms with Crippen LogP contribution < -0.4 is 4.57 Å². The maximum absolute atomic E-state index is 12.7. The average Bonchev–Trinajstić information content (AvgIpc) is 3.27.